The summed E-state index contributed by atoms with van der Waals surface area (Å²) in [7, 11) is 0. The number of ketones is 1. The molecule has 1 aromatic rings. The third kappa shape index (κ3) is 3.13. The van der Waals surface area contributed by atoms with Gasteiger partial charge in [-0.15, -0.1) is 11.8 Å². The molecule has 2 rings (SSSR count). The van der Waals surface area contributed by atoms with Gasteiger partial charge in [-0.2, -0.15) is 0 Å². The summed E-state index contributed by atoms with van der Waals surface area (Å²) in [6.07, 6.45) is 6.27. The lowest BCUT2D eigenvalue weighted by Crippen LogP contribution is -2.17. The van der Waals surface area contributed by atoms with Gasteiger partial charge in [-0.3, -0.25) is 4.79 Å². The van der Waals surface area contributed by atoms with Crippen molar-refractivity contribution in [2.75, 3.05) is 19.3 Å². The fraction of sp³-hybridized carbons (Fsp3) is 0.357. The molecule has 1 aliphatic heterocycles. The molecular weight excluding hydrogens is 230 g/mol. The maximum atomic E-state index is 12.1. The predicted octanol–water partition coefficient (Wildman–Crippen LogP) is 3.17. The van der Waals surface area contributed by atoms with Gasteiger partial charge >= 0.3 is 0 Å². The van der Waals surface area contributed by atoms with Crippen LogP contribution >= 0.6 is 11.8 Å². The predicted molar refractivity (Wildman–Crippen MR) is 73.2 cm³/mol. The smallest absolute Gasteiger partial charge is 0.188 e. The van der Waals surface area contributed by atoms with Gasteiger partial charge < -0.3 is 4.90 Å². The van der Waals surface area contributed by atoms with Gasteiger partial charge in [0.2, 0.25) is 0 Å². The average Bonchev–Trinajstić information content (AvgIpc) is 2.90. The Morgan fingerprint density at radius 3 is 2.47 bits per heavy atom. The van der Waals surface area contributed by atoms with Crippen LogP contribution in [0.3, 0.4) is 0 Å². The van der Waals surface area contributed by atoms with Crippen LogP contribution in [0.15, 0.2) is 41.4 Å². The lowest BCUT2D eigenvalue weighted by Gasteiger charge is -2.19. The molecule has 1 saturated heterocycles. The van der Waals surface area contributed by atoms with E-state index >= 15 is 0 Å². The number of rotatable bonds is 4. The number of likely N-dealkylation sites (tertiary alicyclic amines) is 1. The molecule has 0 aliphatic carbocycles. The van der Waals surface area contributed by atoms with Crippen molar-refractivity contribution in [1.82, 2.24) is 4.90 Å². The summed E-state index contributed by atoms with van der Waals surface area (Å²) in [5.41, 5.74) is 0.762. The molecule has 17 heavy (non-hydrogen) atoms. The highest BCUT2D eigenvalue weighted by Crippen LogP contribution is 2.23. The van der Waals surface area contributed by atoms with Crippen molar-refractivity contribution in [2.45, 2.75) is 12.8 Å². The molecule has 1 heterocycles. The van der Waals surface area contributed by atoms with Crippen LogP contribution in [0, 0.1) is 0 Å². The van der Waals surface area contributed by atoms with Gasteiger partial charge in [0.25, 0.3) is 0 Å². The molecule has 0 aromatic heterocycles. The number of carbonyl (C=O) groups is 1. The molecule has 90 valence electrons. The van der Waals surface area contributed by atoms with Gasteiger partial charge in [0.05, 0.1) is 5.03 Å². The Morgan fingerprint density at radius 2 is 1.88 bits per heavy atom. The van der Waals surface area contributed by atoms with E-state index in [0.717, 1.165) is 23.7 Å². The number of allylic oxidation sites excluding steroid dienone is 1. The van der Waals surface area contributed by atoms with E-state index in [2.05, 4.69) is 4.90 Å². The quantitative estimate of drug-likeness (QED) is 0.602. The van der Waals surface area contributed by atoms with Crippen LogP contribution in [0.1, 0.15) is 23.2 Å². The molecule has 1 aromatic carbocycles. The Balaban J connectivity index is 2.13. The first-order valence-corrected chi connectivity index (χ1v) is 7.14. The number of hydrogen-bond donors (Lipinski definition) is 0. The number of hydrogen-bond acceptors (Lipinski definition) is 3. The molecule has 0 saturated carbocycles. The van der Waals surface area contributed by atoms with Crippen molar-refractivity contribution in [3.05, 3.63) is 47.0 Å². The molecule has 0 amide bonds. The van der Waals surface area contributed by atoms with Crippen molar-refractivity contribution in [3.8, 4) is 0 Å². The molecule has 0 bridgehead atoms. The summed E-state index contributed by atoms with van der Waals surface area (Å²) in [6, 6.07) is 9.45. The van der Waals surface area contributed by atoms with Crippen molar-refractivity contribution in [3.63, 3.8) is 0 Å². The topological polar surface area (TPSA) is 20.3 Å². The molecule has 3 heteroatoms. The van der Waals surface area contributed by atoms with E-state index in [-0.39, 0.29) is 5.78 Å². The molecule has 0 atom stereocenters. The minimum absolute atomic E-state index is 0.0989. The largest absolute Gasteiger partial charge is 0.366 e. The van der Waals surface area contributed by atoms with Gasteiger partial charge in [-0.25, -0.2) is 0 Å². The van der Waals surface area contributed by atoms with E-state index in [0.29, 0.717) is 0 Å². The summed E-state index contributed by atoms with van der Waals surface area (Å²) in [5.74, 6) is 0.0989. The van der Waals surface area contributed by atoms with Crippen molar-refractivity contribution >= 4 is 17.5 Å². The molecule has 1 fully saturated rings. The highest BCUT2D eigenvalue weighted by molar-refractivity contribution is 8.02. The lowest BCUT2D eigenvalue weighted by atomic mass is 10.1. The van der Waals surface area contributed by atoms with Gasteiger partial charge in [0.1, 0.15) is 0 Å². The Morgan fingerprint density at radius 1 is 1.24 bits per heavy atom. The minimum atomic E-state index is 0.0989. The lowest BCUT2D eigenvalue weighted by molar-refractivity contribution is 0.104. The van der Waals surface area contributed by atoms with Gasteiger partial charge in [-0.1, -0.05) is 30.3 Å². The van der Waals surface area contributed by atoms with Gasteiger partial charge in [0, 0.05) is 24.7 Å². The zero-order valence-electron chi connectivity index (χ0n) is 10.1. The van der Waals surface area contributed by atoms with Crippen LogP contribution in [0.4, 0.5) is 0 Å². The Labute approximate surface area is 107 Å². The SMILES string of the molecule is CS/C(=C\C(=O)c1ccccc1)N1CCCC1. The highest BCUT2D eigenvalue weighted by atomic mass is 32.2. The normalized spacial score (nSPS) is 16.3. The van der Waals surface area contributed by atoms with Gasteiger partial charge in [0.15, 0.2) is 5.78 Å². The van der Waals surface area contributed by atoms with Crippen molar-refractivity contribution < 1.29 is 4.79 Å². The third-order valence-electron chi connectivity index (χ3n) is 2.94. The third-order valence-corrected chi connectivity index (χ3v) is 3.73. The number of benzene rings is 1. The summed E-state index contributed by atoms with van der Waals surface area (Å²) in [5, 5.41) is 1.09. The van der Waals surface area contributed by atoms with Crippen LogP contribution in [-0.2, 0) is 0 Å². The number of nitrogens with zero attached hydrogens (tertiary/aromatic N) is 1. The summed E-state index contributed by atoms with van der Waals surface area (Å²) < 4.78 is 0. The van der Waals surface area contributed by atoms with E-state index in [4.69, 9.17) is 0 Å². The highest BCUT2D eigenvalue weighted by Gasteiger charge is 2.15. The van der Waals surface area contributed by atoms with Crippen molar-refractivity contribution in [2.24, 2.45) is 0 Å². The van der Waals surface area contributed by atoms with E-state index in [1.54, 1.807) is 17.8 Å². The Bertz CT molecular complexity index is 407. The monoisotopic (exact) mass is 247 g/mol. The van der Waals surface area contributed by atoms with E-state index in [1.165, 1.54) is 12.8 Å². The second kappa shape index (κ2) is 5.92. The van der Waals surface area contributed by atoms with E-state index in [9.17, 15) is 4.79 Å². The van der Waals surface area contributed by atoms with Crippen LogP contribution < -0.4 is 0 Å². The Hall–Kier alpha value is -1.22. The van der Waals surface area contributed by atoms with Crippen molar-refractivity contribution in [1.29, 1.82) is 0 Å². The van der Waals surface area contributed by atoms with Gasteiger partial charge in [-0.05, 0) is 19.1 Å². The molecule has 0 N–H and O–H groups in total. The second-order valence-electron chi connectivity index (χ2n) is 4.11. The van der Waals surface area contributed by atoms with E-state index < -0.39 is 0 Å². The van der Waals surface area contributed by atoms with E-state index in [1.807, 2.05) is 36.6 Å². The molecule has 2 nitrogen and oxygen atoms in total. The maximum absolute atomic E-state index is 12.1. The number of thioether (sulfide) groups is 1. The zero-order valence-corrected chi connectivity index (χ0v) is 10.9. The van der Waals surface area contributed by atoms with Crippen LogP contribution in [0.5, 0.6) is 0 Å². The first-order valence-electron chi connectivity index (χ1n) is 5.91. The zero-order chi connectivity index (χ0) is 12.1. The molecule has 0 unspecified atom stereocenters. The summed E-state index contributed by atoms with van der Waals surface area (Å²) in [6.45, 7) is 2.16. The second-order valence-corrected chi connectivity index (χ2v) is 4.94. The fourth-order valence-electron chi connectivity index (χ4n) is 2.01. The van der Waals surface area contributed by atoms with Crippen LogP contribution in [0.25, 0.3) is 0 Å². The maximum Gasteiger partial charge on any atom is 0.188 e. The molecule has 0 radical (unpaired) electrons. The standard InChI is InChI=1S/C14H17NOS/c1-17-14(15-9-5-6-10-15)11-13(16)12-7-3-2-4-8-12/h2-4,7-8,11H,5-6,9-10H2,1H3/b14-11-. The number of carbonyl (C=O) groups excluding carboxylic acids is 1. The Kier molecular flexibility index (Phi) is 4.26. The van der Waals surface area contributed by atoms with Crippen LogP contribution in [-0.4, -0.2) is 30.0 Å². The summed E-state index contributed by atoms with van der Waals surface area (Å²) in [4.78, 5) is 14.4. The minimum Gasteiger partial charge on any atom is -0.366 e. The summed E-state index contributed by atoms with van der Waals surface area (Å²) >= 11 is 1.66. The van der Waals surface area contributed by atoms with Crippen LogP contribution in [0.2, 0.25) is 0 Å². The average molecular weight is 247 g/mol. The molecule has 0 spiro atoms. The molecular formula is C14H17NOS. The first kappa shape index (κ1) is 12.2. The fourth-order valence-corrected chi connectivity index (χ4v) is 2.68. The molecule has 1 aliphatic rings. The first-order chi connectivity index (χ1) is 8.31.